The molecule has 0 bridgehead atoms. The SMILES string of the molecule is CC(F)(F)c1ccc(S(=O)(=O)[C@@]23CCCC4(COP(C)(=O)OC4)[C@@H]2COc2c(F)ccc(F)c23)cc1. The lowest BCUT2D eigenvalue weighted by Crippen LogP contribution is -2.61. The minimum Gasteiger partial charge on any atom is -0.490 e. The molecule has 2 atom stereocenters. The summed E-state index contributed by atoms with van der Waals surface area (Å²) in [5.74, 6) is -6.49. The van der Waals surface area contributed by atoms with Crippen molar-refractivity contribution in [3.63, 3.8) is 0 Å². The van der Waals surface area contributed by atoms with Gasteiger partial charge in [-0.05, 0) is 37.1 Å². The predicted molar refractivity (Wildman–Crippen MR) is 122 cm³/mol. The van der Waals surface area contributed by atoms with E-state index in [1.54, 1.807) is 0 Å². The third kappa shape index (κ3) is 3.73. The number of benzene rings is 2. The van der Waals surface area contributed by atoms with Crippen LogP contribution < -0.4 is 4.74 Å². The van der Waals surface area contributed by atoms with E-state index in [1.807, 2.05) is 0 Å². The monoisotopic (exact) mass is 548 g/mol. The summed E-state index contributed by atoms with van der Waals surface area (Å²) in [6, 6.07) is 5.88. The molecule has 2 fully saturated rings. The van der Waals surface area contributed by atoms with E-state index in [9.17, 15) is 26.2 Å². The second-order valence-corrected chi connectivity index (χ2v) is 14.2. The second kappa shape index (κ2) is 8.28. The van der Waals surface area contributed by atoms with Gasteiger partial charge in [0.05, 0.1) is 30.3 Å². The van der Waals surface area contributed by atoms with Gasteiger partial charge in [0.1, 0.15) is 10.6 Å². The average molecular weight is 548 g/mol. The highest BCUT2D eigenvalue weighted by molar-refractivity contribution is 7.92. The molecule has 5 rings (SSSR count). The summed E-state index contributed by atoms with van der Waals surface area (Å²) in [6.45, 7) is 1.50. The summed E-state index contributed by atoms with van der Waals surface area (Å²) in [6.07, 6.45) is 0.649. The van der Waals surface area contributed by atoms with Gasteiger partial charge < -0.3 is 13.8 Å². The molecule has 36 heavy (non-hydrogen) atoms. The Morgan fingerprint density at radius 3 is 2.22 bits per heavy atom. The van der Waals surface area contributed by atoms with Gasteiger partial charge in [-0.15, -0.1) is 0 Å². The first kappa shape index (κ1) is 25.7. The van der Waals surface area contributed by atoms with Crippen LogP contribution in [0.25, 0.3) is 0 Å². The van der Waals surface area contributed by atoms with Crippen LogP contribution in [-0.4, -0.2) is 34.9 Å². The summed E-state index contributed by atoms with van der Waals surface area (Å²) in [4.78, 5) is -0.298. The van der Waals surface area contributed by atoms with Crippen LogP contribution in [0.1, 0.15) is 37.3 Å². The number of sulfone groups is 1. The Morgan fingerprint density at radius 2 is 1.61 bits per heavy atom. The molecule has 1 spiro atoms. The Kier molecular flexibility index (Phi) is 5.91. The van der Waals surface area contributed by atoms with Gasteiger partial charge in [0, 0.05) is 30.5 Å². The highest BCUT2D eigenvalue weighted by Gasteiger charge is 2.66. The molecule has 0 unspecified atom stereocenters. The minimum atomic E-state index is -4.51. The lowest BCUT2D eigenvalue weighted by molar-refractivity contribution is -0.0844. The smallest absolute Gasteiger partial charge is 0.327 e. The van der Waals surface area contributed by atoms with Crippen LogP contribution in [0.5, 0.6) is 5.75 Å². The number of alkyl halides is 2. The molecule has 3 aliphatic rings. The first-order valence-electron chi connectivity index (χ1n) is 11.4. The van der Waals surface area contributed by atoms with Crippen LogP contribution in [0.2, 0.25) is 0 Å². The van der Waals surface area contributed by atoms with Crippen molar-refractivity contribution in [3.8, 4) is 5.75 Å². The zero-order valence-electron chi connectivity index (χ0n) is 19.6. The summed E-state index contributed by atoms with van der Waals surface area (Å²) >= 11 is 0. The maximum Gasteiger partial charge on any atom is 0.327 e. The standard InChI is InChI=1S/C24H25F4O6PS/c1-22(27,28)15-4-6-16(7-5-15)36(30,31)24-11-3-10-23(13-33-35(2,29)34-14-23)19(24)12-32-21-18(26)9-8-17(25)20(21)24/h4-9,19H,3,10-14H2,1-2H3/t19-,23?,24-,35?/m0/s1. The van der Waals surface area contributed by atoms with E-state index < -0.39 is 62.4 Å². The van der Waals surface area contributed by atoms with E-state index >= 15 is 4.39 Å². The molecule has 1 saturated carbocycles. The quantitative estimate of drug-likeness (QED) is 0.357. The third-order valence-electron chi connectivity index (χ3n) is 7.73. The lowest BCUT2D eigenvalue weighted by atomic mass is 9.59. The van der Waals surface area contributed by atoms with E-state index in [0.29, 0.717) is 13.3 Å². The van der Waals surface area contributed by atoms with E-state index in [1.165, 1.54) is 6.66 Å². The summed E-state index contributed by atoms with van der Waals surface area (Å²) in [5.41, 5.74) is -1.82. The van der Waals surface area contributed by atoms with Crippen LogP contribution in [0.15, 0.2) is 41.3 Å². The Hall–Kier alpha value is -1.94. The van der Waals surface area contributed by atoms with Crippen molar-refractivity contribution in [3.05, 3.63) is 59.2 Å². The van der Waals surface area contributed by atoms with Crippen LogP contribution in [0, 0.1) is 23.0 Å². The van der Waals surface area contributed by atoms with Crippen LogP contribution in [0.3, 0.4) is 0 Å². The van der Waals surface area contributed by atoms with E-state index in [0.717, 1.165) is 36.4 Å². The zero-order valence-corrected chi connectivity index (χ0v) is 21.3. The largest absolute Gasteiger partial charge is 0.490 e. The van der Waals surface area contributed by atoms with Crippen molar-refractivity contribution in [2.45, 2.75) is 41.8 Å². The molecule has 0 amide bonds. The van der Waals surface area contributed by atoms with Crippen LogP contribution in [-0.2, 0) is 34.1 Å². The summed E-state index contributed by atoms with van der Waals surface area (Å²) in [5, 5.41) is 0. The highest BCUT2D eigenvalue weighted by Crippen LogP contribution is 2.65. The Labute approximate surface area is 206 Å². The molecule has 196 valence electrons. The number of ether oxygens (including phenoxy) is 1. The Bertz CT molecular complexity index is 1350. The van der Waals surface area contributed by atoms with Crippen molar-refractivity contribution in [1.82, 2.24) is 0 Å². The molecule has 0 aromatic heterocycles. The van der Waals surface area contributed by atoms with Crippen LogP contribution >= 0.6 is 7.60 Å². The predicted octanol–water partition coefficient (Wildman–Crippen LogP) is 5.79. The number of hydrogen-bond donors (Lipinski definition) is 0. The van der Waals surface area contributed by atoms with Gasteiger partial charge in [0.2, 0.25) is 0 Å². The number of rotatable bonds is 3. The average Bonchev–Trinajstić information content (AvgIpc) is 2.82. The first-order valence-corrected chi connectivity index (χ1v) is 14.9. The molecule has 2 aliphatic heterocycles. The van der Waals surface area contributed by atoms with Gasteiger partial charge in [-0.1, -0.05) is 18.6 Å². The molecule has 0 N–H and O–H groups in total. The molecule has 12 heteroatoms. The molecule has 2 heterocycles. The second-order valence-electron chi connectivity index (χ2n) is 9.94. The fraction of sp³-hybridized carbons (Fsp3) is 0.500. The fourth-order valence-electron chi connectivity index (χ4n) is 5.90. The van der Waals surface area contributed by atoms with Gasteiger partial charge in [-0.3, -0.25) is 4.57 Å². The summed E-state index contributed by atoms with van der Waals surface area (Å²) < 4.78 is 114. The van der Waals surface area contributed by atoms with Crippen molar-refractivity contribution in [2.24, 2.45) is 11.3 Å². The van der Waals surface area contributed by atoms with Gasteiger partial charge in [0.25, 0.3) is 5.92 Å². The van der Waals surface area contributed by atoms with Crippen molar-refractivity contribution in [1.29, 1.82) is 0 Å². The molecule has 1 aliphatic carbocycles. The Balaban J connectivity index is 1.74. The van der Waals surface area contributed by atoms with Gasteiger partial charge >= 0.3 is 7.60 Å². The number of halogens is 4. The molecule has 6 nitrogen and oxygen atoms in total. The molecule has 1 saturated heterocycles. The van der Waals surface area contributed by atoms with Gasteiger partial charge in [-0.25, -0.2) is 26.0 Å². The first-order chi connectivity index (χ1) is 16.7. The minimum absolute atomic E-state index is 0.0615. The van der Waals surface area contributed by atoms with E-state index in [4.69, 9.17) is 13.8 Å². The maximum atomic E-state index is 15.5. The zero-order chi connectivity index (χ0) is 26.1. The number of hydrogen-bond acceptors (Lipinski definition) is 6. The van der Waals surface area contributed by atoms with E-state index in [-0.39, 0.29) is 43.1 Å². The summed E-state index contributed by atoms with van der Waals surface area (Å²) in [7, 11) is -7.86. The van der Waals surface area contributed by atoms with Crippen molar-refractivity contribution >= 4 is 17.4 Å². The Morgan fingerprint density at radius 1 is 1.00 bits per heavy atom. The highest BCUT2D eigenvalue weighted by atomic mass is 32.2. The normalized spacial score (nSPS) is 32.4. The van der Waals surface area contributed by atoms with Crippen molar-refractivity contribution < 1.29 is 44.3 Å². The molecular weight excluding hydrogens is 523 g/mol. The molecular formula is C24H25F4O6PS. The van der Waals surface area contributed by atoms with Gasteiger partial charge in [0.15, 0.2) is 21.4 Å². The van der Waals surface area contributed by atoms with E-state index in [2.05, 4.69) is 0 Å². The van der Waals surface area contributed by atoms with Crippen LogP contribution in [0.4, 0.5) is 17.6 Å². The third-order valence-corrected chi connectivity index (χ3v) is 11.5. The molecule has 2 aromatic rings. The van der Waals surface area contributed by atoms with Gasteiger partial charge in [-0.2, -0.15) is 0 Å². The maximum absolute atomic E-state index is 15.5. The molecule has 0 radical (unpaired) electrons. The van der Waals surface area contributed by atoms with Crippen molar-refractivity contribution in [2.75, 3.05) is 26.5 Å². The fourth-order valence-corrected chi connectivity index (χ4v) is 9.44. The molecule has 2 aromatic carbocycles. The topological polar surface area (TPSA) is 78.9 Å². The lowest BCUT2D eigenvalue weighted by Gasteiger charge is -2.57. The number of fused-ring (bicyclic) bond motifs is 4.